The molecular weight excluding hydrogens is 476 g/mol. The number of aliphatic hydroxyl groups is 1. The molecule has 0 amide bonds. The maximum atomic E-state index is 10.0. The van der Waals surface area contributed by atoms with Gasteiger partial charge in [-0.1, -0.05) is 30.3 Å². The van der Waals surface area contributed by atoms with Crippen molar-refractivity contribution in [3.8, 4) is 5.88 Å². The van der Waals surface area contributed by atoms with Gasteiger partial charge in [-0.05, 0) is 31.7 Å². The Bertz CT molecular complexity index is 1020. The number of piperidine rings is 1. The number of aromatic nitrogens is 3. The molecular formula is C24H31ClN4O4S. The summed E-state index contributed by atoms with van der Waals surface area (Å²) < 4.78 is 16.9. The van der Waals surface area contributed by atoms with Crippen LogP contribution >= 0.6 is 23.4 Å². The van der Waals surface area contributed by atoms with Crippen LogP contribution in [0.1, 0.15) is 32.4 Å². The number of hydrogen-bond acceptors (Lipinski definition) is 9. The topological polar surface area (TPSA) is 89.8 Å². The minimum absolute atomic E-state index is 0.170. The van der Waals surface area contributed by atoms with Gasteiger partial charge in [0.2, 0.25) is 5.88 Å². The molecule has 8 nitrogen and oxygen atoms in total. The molecule has 1 spiro atoms. The van der Waals surface area contributed by atoms with Crippen molar-refractivity contribution in [1.29, 1.82) is 0 Å². The minimum atomic E-state index is -0.170. The zero-order valence-corrected chi connectivity index (χ0v) is 21.1. The molecule has 0 bridgehead atoms. The Balaban J connectivity index is 1.26. The molecule has 3 aliphatic rings. The van der Waals surface area contributed by atoms with Crippen LogP contribution in [0.4, 0.5) is 5.82 Å². The van der Waals surface area contributed by atoms with E-state index in [-0.39, 0.29) is 12.0 Å². The van der Waals surface area contributed by atoms with Gasteiger partial charge in [0.1, 0.15) is 15.7 Å². The van der Waals surface area contributed by atoms with Crippen molar-refractivity contribution in [3.05, 3.63) is 29.2 Å². The zero-order valence-electron chi connectivity index (χ0n) is 19.6. The first-order chi connectivity index (χ1) is 16.5. The second kappa shape index (κ2) is 10.1. The Labute approximate surface area is 209 Å². The highest BCUT2D eigenvalue weighted by atomic mass is 35.5. The van der Waals surface area contributed by atoms with Gasteiger partial charge in [-0.3, -0.25) is 0 Å². The van der Waals surface area contributed by atoms with Crippen molar-refractivity contribution in [2.45, 2.75) is 49.3 Å². The van der Waals surface area contributed by atoms with Gasteiger partial charge in [0.25, 0.3) is 0 Å². The first kappa shape index (κ1) is 24.1. The smallest absolute Gasteiger partial charge is 0.233 e. The fourth-order valence-electron chi connectivity index (χ4n) is 4.93. The lowest BCUT2D eigenvalue weighted by Crippen LogP contribution is -2.44. The quantitative estimate of drug-likeness (QED) is 0.601. The van der Waals surface area contributed by atoms with Gasteiger partial charge >= 0.3 is 0 Å². The number of rotatable bonds is 7. The van der Waals surface area contributed by atoms with E-state index in [2.05, 4.69) is 23.7 Å². The summed E-state index contributed by atoms with van der Waals surface area (Å²) in [4.78, 5) is 16.7. The maximum absolute atomic E-state index is 10.0. The highest BCUT2D eigenvalue weighted by Crippen LogP contribution is 2.47. The van der Waals surface area contributed by atoms with Crippen LogP contribution in [0.25, 0.3) is 0 Å². The third-order valence-corrected chi connectivity index (χ3v) is 8.96. The predicted molar refractivity (Wildman–Crippen MR) is 130 cm³/mol. The van der Waals surface area contributed by atoms with Crippen molar-refractivity contribution < 1.29 is 19.3 Å². The highest BCUT2D eigenvalue weighted by Gasteiger charge is 2.47. The molecule has 5 heterocycles. The minimum Gasteiger partial charge on any atom is -0.476 e. The summed E-state index contributed by atoms with van der Waals surface area (Å²) in [6.07, 6.45) is 5.85. The summed E-state index contributed by atoms with van der Waals surface area (Å²) in [5.41, 5.74) is 0.832. The lowest BCUT2D eigenvalue weighted by atomic mass is 9.70. The number of pyridine rings is 1. The molecule has 1 N–H and O–H groups in total. The summed E-state index contributed by atoms with van der Waals surface area (Å²) in [5, 5.41) is 11.2. The fourth-order valence-corrected chi connectivity index (χ4v) is 6.01. The number of halogens is 1. The largest absolute Gasteiger partial charge is 0.476 e. The Morgan fingerprint density at radius 3 is 2.71 bits per heavy atom. The van der Waals surface area contributed by atoms with Crippen molar-refractivity contribution in [2.24, 2.45) is 17.3 Å². The van der Waals surface area contributed by atoms with E-state index in [1.165, 1.54) is 11.8 Å². The van der Waals surface area contributed by atoms with Crippen LogP contribution in [0.2, 0.25) is 5.02 Å². The van der Waals surface area contributed by atoms with Crippen molar-refractivity contribution in [2.75, 3.05) is 44.4 Å². The van der Waals surface area contributed by atoms with E-state index in [4.69, 9.17) is 35.8 Å². The summed E-state index contributed by atoms with van der Waals surface area (Å²) in [5.74, 6) is 2.11. The molecule has 0 radical (unpaired) electrons. The first-order valence-corrected chi connectivity index (χ1v) is 13.0. The van der Waals surface area contributed by atoms with Crippen LogP contribution < -0.4 is 9.64 Å². The van der Waals surface area contributed by atoms with Gasteiger partial charge < -0.3 is 24.2 Å². The van der Waals surface area contributed by atoms with E-state index in [0.717, 1.165) is 43.3 Å². The summed E-state index contributed by atoms with van der Waals surface area (Å²) >= 11 is 7.94. The van der Waals surface area contributed by atoms with Crippen LogP contribution in [-0.4, -0.2) is 65.7 Å². The maximum Gasteiger partial charge on any atom is 0.233 e. The van der Waals surface area contributed by atoms with Crippen LogP contribution in [0.3, 0.4) is 0 Å². The fraction of sp³-hybridized carbons (Fsp3) is 0.625. The van der Waals surface area contributed by atoms with E-state index in [0.29, 0.717) is 59.4 Å². The molecule has 2 aromatic rings. The average molecular weight is 507 g/mol. The molecule has 0 aromatic carbocycles. The van der Waals surface area contributed by atoms with E-state index in [9.17, 15) is 5.11 Å². The van der Waals surface area contributed by atoms with Gasteiger partial charge in [-0.2, -0.15) is 0 Å². The number of aliphatic hydroxyl groups excluding tert-OH is 1. The van der Waals surface area contributed by atoms with Gasteiger partial charge in [0.05, 0.1) is 45.3 Å². The Hall–Kier alpha value is -1.65. The van der Waals surface area contributed by atoms with E-state index >= 15 is 0 Å². The number of nitrogens with zero attached hydrogens (tertiary/aromatic N) is 4. The number of ether oxygens (including phenoxy) is 3. The summed E-state index contributed by atoms with van der Waals surface area (Å²) in [7, 11) is 0. The van der Waals surface area contributed by atoms with Crippen LogP contribution in [0, 0.1) is 17.3 Å². The standard InChI is InChI=1S/C24H31ClN4O4S/c1-15-16(2)33-14-24(15)4-7-29(8-5-24)22-18(10-30)28-20(9-27-22)34-19-3-6-26-23(21(19)25)32-13-17-11-31-12-17/h3,6,9,15-17,30H,4-5,7-8,10-14H2,1-2H3/t15-,16+/m1/s1. The lowest BCUT2D eigenvalue weighted by Gasteiger charge is -2.42. The molecule has 3 saturated heterocycles. The predicted octanol–water partition coefficient (Wildman–Crippen LogP) is 3.84. The number of hydrogen-bond donors (Lipinski definition) is 1. The third-order valence-electron chi connectivity index (χ3n) is 7.51. The van der Waals surface area contributed by atoms with E-state index < -0.39 is 0 Å². The van der Waals surface area contributed by atoms with Gasteiger partial charge in [0, 0.05) is 35.5 Å². The molecule has 0 unspecified atom stereocenters. The second-order valence-electron chi connectivity index (χ2n) is 9.54. The van der Waals surface area contributed by atoms with Crippen molar-refractivity contribution in [1.82, 2.24) is 15.0 Å². The first-order valence-electron chi connectivity index (χ1n) is 11.9. The van der Waals surface area contributed by atoms with Crippen molar-refractivity contribution >= 4 is 29.2 Å². The average Bonchev–Trinajstić information content (AvgIpc) is 3.09. The normalized spacial score (nSPS) is 24.4. The monoisotopic (exact) mass is 506 g/mol. The second-order valence-corrected chi connectivity index (χ2v) is 11.0. The molecule has 2 aromatic heterocycles. The number of anilines is 1. The summed E-state index contributed by atoms with van der Waals surface area (Å²) in [6, 6.07) is 1.83. The van der Waals surface area contributed by atoms with E-state index in [1.54, 1.807) is 12.4 Å². The molecule has 10 heteroatoms. The van der Waals surface area contributed by atoms with Crippen LogP contribution in [0.15, 0.2) is 28.4 Å². The Morgan fingerprint density at radius 1 is 1.26 bits per heavy atom. The zero-order chi connectivity index (χ0) is 23.7. The molecule has 184 valence electrons. The lowest BCUT2D eigenvalue weighted by molar-refractivity contribution is -0.0514. The molecule has 2 atom stereocenters. The molecule has 0 aliphatic carbocycles. The SMILES string of the molecule is C[C@@H]1OCC2(CCN(c3ncc(Sc4ccnc(OCC5COC5)c4Cl)nc3CO)CC2)[C@@H]1C. The molecule has 3 fully saturated rings. The summed E-state index contributed by atoms with van der Waals surface area (Å²) in [6.45, 7) is 8.87. The van der Waals surface area contributed by atoms with E-state index in [1.807, 2.05) is 6.07 Å². The van der Waals surface area contributed by atoms with Gasteiger partial charge in [0.15, 0.2) is 5.82 Å². The van der Waals surface area contributed by atoms with Gasteiger partial charge in [-0.25, -0.2) is 15.0 Å². The van der Waals surface area contributed by atoms with Crippen LogP contribution in [0.5, 0.6) is 5.88 Å². The van der Waals surface area contributed by atoms with Crippen LogP contribution in [-0.2, 0) is 16.1 Å². The molecule has 5 rings (SSSR count). The highest BCUT2D eigenvalue weighted by molar-refractivity contribution is 7.99. The molecule has 0 saturated carbocycles. The third kappa shape index (κ3) is 4.73. The van der Waals surface area contributed by atoms with Crippen molar-refractivity contribution in [3.63, 3.8) is 0 Å². The van der Waals surface area contributed by atoms with Gasteiger partial charge in [-0.15, -0.1) is 0 Å². The molecule has 34 heavy (non-hydrogen) atoms. The Kier molecular flexibility index (Phi) is 7.18. The Morgan fingerprint density at radius 2 is 2.06 bits per heavy atom. The molecule has 3 aliphatic heterocycles.